The van der Waals surface area contributed by atoms with Gasteiger partial charge in [0.05, 0.1) is 26.4 Å². The molecule has 0 radical (unpaired) electrons. The number of esters is 1. The van der Waals surface area contributed by atoms with E-state index in [1.165, 1.54) is 64.2 Å². The summed E-state index contributed by atoms with van der Waals surface area (Å²) in [5.74, 6) is -0.390. The molecule has 0 aromatic carbocycles. The zero-order valence-corrected chi connectivity index (χ0v) is 20.0. The van der Waals surface area contributed by atoms with E-state index in [2.05, 4.69) is 6.92 Å². The van der Waals surface area contributed by atoms with Crippen LogP contribution in [0.4, 0.5) is 0 Å². The molecule has 0 aliphatic carbocycles. The minimum absolute atomic E-state index is 0.0151. The van der Waals surface area contributed by atoms with E-state index in [0.29, 0.717) is 6.42 Å². The van der Waals surface area contributed by atoms with Gasteiger partial charge in [0.1, 0.15) is 18.3 Å². The molecule has 8 nitrogen and oxygen atoms in total. The Kier molecular flexibility index (Phi) is 21.5. The van der Waals surface area contributed by atoms with Crippen molar-refractivity contribution in [2.75, 3.05) is 26.4 Å². The van der Waals surface area contributed by atoms with Crippen molar-refractivity contribution in [1.82, 2.24) is 0 Å². The second kappa shape index (κ2) is 22.0. The van der Waals surface area contributed by atoms with E-state index in [1.807, 2.05) is 0 Å². The first kappa shape index (κ1) is 31.2. The maximum Gasteiger partial charge on any atom is 0.306 e. The van der Waals surface area contributed by atoms with E-state index < -0.39 is 31.0 Å². The largest absolute Gasteiger partial charge is 0.457 e. The van der Waals surface area contributed by atoms with Gasteiger partial charge < -0.3 is 35.0 Å². The van der Waals surface area contributed by atoms with Crippen LogP contribution in [0.15, 0.2) is 0 Å². The van der Waals surface area contributed by atoms with Crippen LogP contribution in [0.5, 0.6) is 0 Å². The van der Waals surface area contributed by atoms with E-state index in [0.717, 1.165) is 19.3 Å². The van der Waals surface area contributed by atoms with Crippen LogP contribution in [0.1, 0.15) is 96.8 Å². The predicted molar refractivity (Wildman–Crippen MR) is 123 cm³/mol. The van der Waals surface area contributed by atoms with Crippen molar-refractivity contribution >= 4 is 5.97 Å². The smallest absolute Gasteiger partial charge is 0.306 e. The number of aliphatic hydroxyl groups excluding tert-OH is 5. The van der Waals surface area contributed by atoms with Crippen LogP contribution in [-0.2, 0) is 14.3 Å². The lowest BCUT2D eigenvalue weighted by molar-refractivity contribution is -0.162. The molecule has 4 atom stereocenters. The molecule has 0 aromatic heterocycles. The highest BCUT2D eigenvalue weighted by Crippen LogP contribution is 2.20. The van der Waals surface area contributed by atoms with Crippen LogP contribution in [0.3, 0.4) is 0 Å². The molecular formula is C24H48O8. The molecule has 1 aliphatic heterocycles. The monoisotopic (exact) mass is 464 g/mol. The Balaban J connectivity index is 0.00000220. The van der Waals surface area contributed by atoms with Gasteiger partial charge in [-0.1, -0.05) is 84.0 Å². The number of carbonyl (C=O) groups is 1. The van der Waals surface area contributed by atoms with Gasteiger partial charge in [-0.25, -0.2) is 0 Å². The molecule has 32 heavy (non-hydrogen) atoms. The SMILES string of the molecule is CCCCCCCCCCCCCCCC(=O)O[C@H](CO)[C@H]1OC[C@H](O)[C@H]1O.OCCO. The fraction of sp³-hybridized carbons (Fsp3) is 0.958. The van der Waals surface area contributed by atoms with E-state index in [-0.39, 0.29) is 25.8 Å². The van der Waals surface area contributed by atoms with Crippen molar-refractivity contribution < 1.29 is 39.8 Å². The van der Waals surface area contributed by atoms with E-state index in [1.54, 1.807) is 0 Å². The first-order chi connectivity index (χ1) is 15.5. The molecule has 0 spiro atoms. The average molecular weight is 465 g/mol. The summed E-state index contributed by atoms with van der Waals surface area (Å²) in [6, 6.07) is 0. The highest BCUT2D eigenvalue weighted by Gasteiger charge is 2.41. The van der Waals surface area contributed by atoms with Gasteiger partial charge in [0, 0.05) is 6.42 Å². The second-order valence-electron chi connectivity index (χ2n) is 8.51. The number of hydrogen-bond acceptors (Lipinski definition) is 8. The van der Waals surface area contributed by atoms with Crippen LogP contribution in [0.25, 0.3) is 0 Å². The molecule has 192 valence electrons. The van der Waals surface area contributed by atoms with E-state index in [9.17, 15) is 20.1 Å². The Bertz CT molecular complexity index is 419. The second-order valence-corrected chi connectivity index (χ2v) is 8.51. The molecule has 0 amide bonds. The summed E-state index contributed by atoms with van der Waals surface area (Å²) in [5.41, 5.74) is 0. The summed E-state index contributed by atoms with van der Waals surface area (Å²) in [4.78, 5) is 11.9. The van der Waals surface area contributed by atoms with Crippen molar-refractivity contribution in [2.45, 2.75) is 121 Å². The lowest BCUT2D eigenvalue weighted by Crippen LogP contribution is -2.43. The third-order valence-electron chi connectivity index (χ3n) is 5.60. The minimum atomic E-state index is -1.14. The van der Waals surface area contributed by atoms with Crippen LogP contribution in [0.2, 0.25) is 0 Å². The standard InChI is InChI=1S/C22H42O6.C2H6O2/c1-2-3-4-5-6-7-8-9-10-11-12-13-14-15-20(25)28-19(16-23)22-21(26)18(24)17-27-22;3-1-2-4/h18-19,21-24,26H,2-17H2,1H3;3-4H,1-2H2/t18-,19+,21+,22+;/m0./s1. The zero-order chi connectivity index (χ0) is 24.0. The van der Waals surface area contributed by atoms with Gasteiger partial charge in [0.2, 0.25) is 0 Å². The Morgan fingerprint density at radius 3 is 1.69 bits per heavy atom. The molecule has 1 saturated heterocycles. The molecule has 8 heteroatoms. The summed E-state index contributed by atoms with van der Waals surface area (Å²) in [6.45, 7) is 1.55. The first-order valence-electron chi connectivity index (χ1n) is 12.5. The maximum absolute atomic E-state index is 11.9. The number of carbonyl (C=O) groups excluding carboxylic acids is 1. The number of hydrogen-bond donors (Lipinski definition) is 5. The topological polar surface area (TPSA) is 137 Å². The fourth-order valence-corrected chi connectivity index (χ4v) is 3.68. The quantitative estimate of drug-likeness (QED) is 0.154. The Labute approximate surface area is 193 Å². The van der Waals surface area contributed by atoms with Crippen molar-refractivity contribution in [3.05, 3.63) is 0 Å². The molecule has 1 fully saturated rings. The fourth-order valence-electron chi connectivity index (χ4n) is 3.68. The Morgan fingerprint density at radius 1 is 0.844 bits per heavy atom. The van der Waals surface area contributed by atoms with Crippen LogP contribution in [0, 0.1) is 0 Å². The summed E-state index contributed by atoms with van der Waals surface area (Å²) in [5, 5.41) is 43.9. The minimum Gasteiger partial charge on any atom is -0.457 e. The highest BCUT2D eigenvalue weighted by molar-refractivity contribution is 5.69. The molecule has 0 aromatic rings. The molecule has 1 rings (SSSR count). The van der Waals surface area contributed by atoms with E-state index >= 15 is 0 Å². The Morgan fingerprint density at radius 2 is 1.31 bits per heavy atom. The van der Waals surface area contributed by atoms with Gasteiger partial charge in [-0.3, -0.25) is 4.79 Å². The molecule has 1 heterocycles. The number of ether oxygens (including phenoxy) is 2. The third-order valence-corrected chi connectivity index (χ3v) is 5.60. The summed E-state index contributed by atoms with van der Waals surface area (Å²) < 4.78 is 10.4. The summed E-state index contributed by atoms with van der Waals surface area (Å²) in [6.07, 6.45) is 12.6. The zero-order valence-electron chi connectivity index (χ0n) is 20.0. The van der Waals surface area contributed by atoms with Crippen LogP contribution < -0.4 is 0 Å². The summed E-state index contributed by atoms with van der Waals surface area (Å²) in [7, 11) is 0. The molecule has 5 N–H and O–H groups in total. The average Bonchev–Trinajstić information content (AvgIpc) is 3.13. The van der Waals surface area contributed by atoms with Gasteiger partial charge in [-0.05, 0) is 6.42 Å². The van der Waals surface area contributed by atoms with Gasteiger partial charge in [-0.2, -0.15) is 0 Å². The molecule has 0 unspecified atom stereocenters. The molecule has 1 aliphatic rings. The van der Waals surface area contributed by atoms with Crippen molar-refractivity contribution in [3.8, 4) is 0 Å². The van der Waals surface area contributed by atoms with Crippen molar-refractivity contribution in [1.29, 1.82) is 0 Å². The lowest BCUT2D eigenvalue weighted by Gasteiger charge is -2.24. The van der Waals surface area contributed by atoms with Gasteiger partial charge >= 0.3 is 5.97 Å². The molecule has 0 bridgehead atoms. The van der Waals surface area contributed by atoms with E-state index in [4.69, 9.17) is 19.7 Å². The lowest BCUT2D eigenvalue weighted by atomic mass is 10.0. The van der Waals surface area contributed by atoms with Crippen molar-refractivity contribution in [3.63, 3.8) is 0 Å². The highest BCUT2D eigenvalue weighted by atomic mass is 16.6. The molecule has 0 saturated carbocycles. The third kappa shape index (κ3) is 15.9. The van der Waals surface area contributed by atoms with Gasteiger partial charge in [-0.15, -0.1) is 0 Å². The van der Waals surface area contributed by atoms with Crippen molar-refractivity contribution in [2.24, 2.45) is 0 Å². The number of aliphatic hydroxyl groups is 5. The summed E-state index contributed by atoms with van der Waals surface area (Å²) >= 11 is 0. The first-order valence-corrected chi connectivity index (χ1v) is 12.5. The van der Waals surface area contributed by atoms with Crippen LogP contribution in [-0.4, -0.2) is 82.3 Å². The number of unbranched alkanes of at least 4 members (excludes halogenated alkanes) is 12. The van der Waals surface area contributed by atoms with Crippen LogP contribution >= 0.6 is 0 Å². The maximum atomic E-state index is 11.9. The van der Waals surface area contributed by atoms with Gasteiger partial charge in [0.25, 0.3) is 0 Å². The number of rotatable bonds is 18. The molecular weight excluding hydrogens is 416 g/mol. The van der Waals surface area contributed by atoms with Gasteiger partial charge in [0.15, 0.2) is 6.10 Å². The normalized spacial score (nSPS) is 21.1. The Hall–Kier alpha value is -0.770. The predicted octanol–water partition coefficient (Wildman–Crippen LogP) is 2.46.